The van der Waals surface area contributed by atoms with Crippen LogP contribution >= 0.6 is 0 Å². The molecule has 2 bridgehead atoms. The molecule has 140 valence electrons. The van der Waals surface area contributed by atoms with Crippen molar-refractivity contribution >= 4 is 18.2 Å². The van der Waals surface area contributed by atoms with Gasteiger partial charge in [-0.15, -0.1) is 0 Å². The van der Waals surface area contributed by atoms with E-state index in [-0.39, 0.29) is 10.8 Å². The molecule has 0 saturated heterocycles. The van der Waals surface area contributed by atoms with Crippen LogP contribution < -0.4 is 5.73 Å². The van der Waals surface area contributed by atoms with Crippen molar-refractivity contribution in [3.05, 3.63) is 23.4 Å². The zero-order chi connectivity index (χ0) is 18.7. The van der Waals surface area contributed by atoms with E-state index in [4.69, 9.17) is 5.73 Å². The van der Waals surface area contributed by atoms with E-state index >= 15 is 0 Å². The fraction of sp³-hybridized carbons (Fsp3) is 0.650. The summed E-state index contributed by atoms with van der Waals surface area (Å²) in [5, 5.41) is 9.85. The van der Waals surface area contributed by atoms with Crippen molar-refractivity contribution in [3.63, 3.8) is 0 Å². The minimum absolute atomic E-state index is 0.0669. The first-order valence-electron chi connectivity index (χ1n) is 9.49. The molecule has 6 nitrogen and oxygen atoms in total. The maximum absolute atomic E-state index is 12.0. The van der Waals surface area contributed by atoms with Gasteiger partial charge in [0.2, 0.25) is 0 Å². The van der Waals surface area contributed by atoms with Crippen LogP contribution in [0.4, 0.5) is 0 Å². The van der Waals surface area contributed by atoms with Gasteiger partial charge in [0.05, 0.1) is 0 Å². The number of aliphatic imine (C=N–C) groups is 1. The molecule has 2 spiro atoms. The molecule has 6 heteroatoms. The Morgan fingerprint density at radius 3 is 2.88 bits per heavy atom. The summed E-state index contributed by atoms with van der Waals surface area (Å²) in [5.41, 5.74) is 7.27. The standard InChI is InChI=1S/C20H27N3O3/c1-12-4-5-14-8-15-16(17(25)26)13(10-24)9-20(12,15)19(14)6-3-7-23(11-19)18(21)22-2/h3,7,10,12-14H,4-6,8-9,11H2,1-2H3,(H2,21,22)(H,25,26). The highest BCUT2D eigenvalue weighted by Gasteiger charge is 2.70. The average Bonchev–Trinajstić information content (AvgIpc) is 3.04. The summed E-state index contributed by atoms with van der Waals surface area (Å²) in [7, 11) is 1.69. The van der Waals surface area contributed by atoms with Crippen LogP contribution in [0.1, 0.15) is 39.0 Å². The second-order valence-corrected chi connectivity index (χ2v) is 8.45. The van der Waals surface area contributed by atoms with Gasteiger partial charge in [-0.1, -0.05) is 18.6 Å². The SMILES string of the molecule is CN=C(N)N1C=CCC2(C1)C1CCC(C)C23CC(C=O)C(C(=O)O)=C3C1. The third kappa shape index (κ3) is 1.90. The Hall–Kier alpha value is -2.11. The maximum Gasteiger partial charge on any atom is 0.332 e. The molecule has 0 aromatic heterocycles. The Morgan fingerprint density at radius 1 is 1.46 bits per heavy atom. The van der Waals surface area contributed by atoms with Crippen LogP contribution in [0, 0.1) is 28.6 Å². The first kappa shape index (κ1) is 17.3. The molecule has 5 atom stereocenters. The third-order valence-electron chi connectivity index (χ3n) is 7.82. The summed E-state index contributed by atoms with van der Waals surface area (Å²) in [6.07, 6.45) is 9.56. The lowest BCUT2D eigenvalue weighted by atomic mass is 9.49. The normalized spacial score (nSPS) is 41.7. The number of carboxylic acid groups (broad SMARTS) is 1. The van der Waals surface area contributed by atoms with E-state index in [9.17, 15) is 14.7 Å². The van der Waals surface area contributed by atoms with Crippen LogP contribution in [0.3, 0.4) is 0 Å². The molecule has 0 radical (unpaired) electrons. The number of carbonyl (C=O) groups excluding carboxylic acids is 1. The molecule has 4 rings (SSSR count). The Bertz CT molecular complexity index is 755. The second kappa shape index (κ2) is 5.69. The number of rotatable bonds is 2. The number of carboxylic acids is 1. The highest BCUT2D eigenvalue weighted by Crippen LogP contribution is 2.75. The number of guanidine groups is 1. The second-order valence-electron chi connectivity index (χ2n) is 8.45. The number of aliphatic carboxylic acids is 1. The number of nitrogens with two attached hydrogens (primary N) is 1. The smallest absolute Gasteiger partial charge is 0.332 e. The molecule has 3 N–H and O–H groups in total. The van der Waals surface area contributed by atoms with E-state index in [1.54, 1.807) is 7.05 Å². The topological polar surface area (TPSA) is 96.0 Å². The number of aldehydes is 1. The molecular weight excluding hydrogens is 330 g/mol. The lowest BCUT2D eigenvalue weighted by Crippen LogP contribution is -2.56. The Balaban J connectivity index is 1.89. The van der Waals surface area contributed by atoms with Gasteiger partial charge in [0.25, 0.3) is 0 Å². The molecular formula is C20H27N3O3. The molecule has 26 heavy (non-hydrogen) atoms. The van der Waals surface area contributed by atoms with Gasteiger partial charge in [0, 0.05) is 42.1 Å². The van der Waals surface area contributed by atoms with Crippen molar-refractivity contribution in [2.24, 2.45) is 39.3 Å². The number of hydrogen-bond donors (Lipinski definition) is 2. The monoisotopic (exact) mass is 357 g/mol. The molecule has 3 aliphatic carbocycles. The average molecular weight is 357 g/mol. The van der Waals surface area contributed by atoms with Crippen LogP contribution in [-0.2, 0) is 9.59 Å². The fourth-order valence-corrected chi connectivity index (χ4v) is 6.82. The largest absolute Gasteiger partial charge is 0.478 e. The van der Waals surface area contributed by atoms with Gasteiger partial charge >= 0.3 is 5.97 Å². The van der Waals surface area contributed by atoms with Crippen LogP contribution in [0.25, 0.3) is 0 Å². The molecule has 0 amide bonds. The predicted molar refractivity (Wildman–Crippen MR) is 98.2 cm³/mol. The van der Waals surface area contributed by atoms with Crippen molar-refractivity contribution in [1.29, 1.82) is 0 Å². The minimum atomic E-state index is -0.915. The highest BCUT2D eigenvalue weighted by atomic mass is 16.4. The van der Waals surface area contributed by atoms with Gasteiger partial charge in [0.15, 0.2) is 5.96 Å². The van der Waals surface area contributed by atoms with E-state index in [1.807, 2.05) is 11.1 Å². The van der Waals surface area contributed by atoms with E-state index in [0.29, 0.717) is 29.8 Å². The minimum Gasteiger partial charge on any atom is -0.478 e. The van der Waals surface area contributed by atoms with E-state index < -0.39 is 11.9 Å². The lowest BCUT2D eigenvalue weighted by Gasteiger charge is -2.57. The van der Waals surface area contributed by atoms with E-state index in [0.717, 1.165) is 44.1 Å². The van der Waals surface area contributed by atoms with Gasteiger partial charge < -0.3 is 20.5 Å². The van der Waals surface area contributed by atoms with Crippen molar-refractivity contribution in [2.75, 3.05) is 13.6 Å². The molecule has 2 fully saturated rings. The Morgan fingerprint density at radius 2 is 2.23 bits per heavy atom. The molecule has 0 aromatic rings. The van der Waals surface area contributed by atoms with Crippen molar-refractivity contribution in [3.8, 4) is 0 Å². The number of nitrogens with zero attached hydrogens (tertiary/aromatic N) is 2. The van der Waals surface area contributed by atoms with Crippen LogP contribution in [0.2, 0.25) is 0 Å². The number of carbonyl (C=O) groups is 2. The zero-order valence-electron chi connectivity index (χ0n) is 15.4. The van der Waals surface area contributed by atoms with Gasteiger partial charge in [-0.25, -0.2) is 4.79 Å². The van der Waals surface area contributed by atoms with Crippen molar-refractivity contribution in [2.45, 2.75) is 39.0 Å². The number of hydrogen-bond acceptors (Lipinski definition) is 3. The summed E-state index contributed by atoms with van der Waals surface area (Å²) in [6, 6.07) is 0. The summed E-state index contributed by atoms with van der Waals surface area (Å²) < 4.78 is 0. The van der Waals surface area contributed by atoms with E-state index in [1.165, 1.54) is 0 Å². The van der Waals surface area contributed by atoms with E-state index in [2.05, 4.69) is 18.0 Å². The summed E-state index contributed by atoms with van der Waals surface area (Å²) in [5.74, 6) is -0.112. The van der Waals surface area contributed by atoms with Crippen molar-refractivity contribution in [1.82, 2.24) is 4.90 Å². The Labute approximate surface area is 153 Å². The zero-order valence-corrected chi connectivity index (χ0v) is 15.4. The molecule has 5 unspecified atom stereocenters. The maximum atomic E-state index is 12.0. The molecule has 0 aromatic carbocycles. The van der Waals surface area contributed by atoms with Gasteiger partial charge in [-0.3, -0.25) is 4.99 Å². The van der Waals surface area contributed by atoms with Gasteiger partial charge in [0.1, 0.15) is 6.29 Å². The first-order valence-corrected chi connectivity index (χ1v) is 9.49. The summed E-state index contributed by atoms with van der Waals surface area (Å²) >= 11 is 0. The Kier molecular flexibility index (Phi) is 3.79. The molecule has 1 aliphatic heterocycles. The van der Waals surface area contributed by atoms with Crippen LogP contribution in [-0.4, -0.2) is 41.8 Å². The summed E-state index contributed by atoms with van der Waals surface area (Å²) in [6.45, 7) is 3.00. The molecule has 1 heterocycles. The fourth-order valence-electron chi connectivity index (χ4n) is 6.82. The van der Waals surface area contributed by atoms with Crippen LogP contribution in [0.5, 0.6) is 0 Å². The van der Waals surface area contributed by atoms with Crippen molar-refractivity contribution < 1.29 is 14.7 Å². The van der Waals surface area contributed by atoms with Gasteiger partial charge in [-0.2, -0.15) is 0 Å². The highest BCUT2D eigenvalue weighted by molar-refractivity contribution is 5.94. The third-order valence-corrected chi connectivity index (χ3v) is 7.82. The first-order chi connectivity index (χ1) is 12.4. The molecule has 2 saturated carbocycles. The van der Waals surface area contributed by atoms with Crippen LogP contribution in [0.15, 0.2) is 28.4 Å². The summed E-state index contributed by atoms with van der Waals surface area (Å²) in [4.78, 5) is 29.9. The lowest BCUT2D eigenvalue weighted by molar-refractivity contribution is -0.134. The number of allylic oxidation sites excluding steroid dienone is 2. The van der Waals surface area contributed by atoms with Gasteiger partial charge in [-0.05, 0) is 43.9 Å². The quantitative estimate of drug-likeness (QED) is 0.449. The predicted octanol–water partition coefficient (Wildman–Crippen LogP) is 2.17. The molecule has 4 aliphatic rings.